The largest absolute Gasteiger partial charge is 0.335 e. The molecule has 0 amide bonds. The summed E-state index contributed by atoms with van der Waals surface area (Å²) in [7, 11) is 0. The third-order valence-corrected chi connectivity index (χ3v) is 3.01. The lowest BCUT2D eigenvalue weighted by Crippen LogP contribution is -2.09. The van der Waals surface area contributed by atoms with Crippen molar-refractivity contribution >= 4 is 17.4 Å². The molecule has 2 aromatic rings. The van der Waals surface area contributed by atoms with Crippen LogP contribution in [-0.2, 0) is 13.0 Å². The number of nitrogens with zero attached hydrogens (tertiary/aromatic N) is 2. The summed E-state index contributed by atoms with van der Waals surface area (Å²) >= 11 is 5.57. The first-order chi connectivity index (χ1) is 8.61. The Morgan fingerprint density at radius 3 is 2.94 bits per heavy atom. The van der Waals surface area contributed by atoms with E-state index in [1.807, 2.05) is 17.7 Å². The van der Waals surface area contributed by atoms with Crippen molar-refractivity contribution in [3.05, 3.63) is 52.8 Å². The number of halogens is 2. The van der Waals surface area contributed by atoms with Crippen LogP contribution in [0.15, 0.2) is 30.6 Å². The molecule has 0 atom stereocenters. The predicted molar refractivity (Wildman–Crippen MR) is 67.3 cm³/mol. The van der Waals surface area contributed by atoms with Crippen molar-refractivity contribution in [2.75, 3.05) is 0 Å². The quantitative estimate of drug-likeness (QED) is 0.797. The summed E-state index contributed by atoms with van der Waals surface area (Å²) in [5.41, 5.74) is 0.308. The van der Waals surface area contributed by atoms with Crippen LogP contribution in [0.4, 0.5) is 4.39 Å². The fraction of sp³-hybridized carbons (Fsp3) is 0.231. The Morgan fingerprint density at radius 2 is 2.28 bits per heavy atom. The summed E-state index contributed by atoms with van der Waals surface area (Å²) in [5.74, 6) is -0.0781. The highest BCUT2D eigenvalue weighted by Gasteiger charge is 2.12. The standard InChI is InChI=1S/C13H12ClFN2O/c1-2-17-6-5-16-13(17)8-12(18)9-3-4-10(14)11(15)7-9/h3-7H,2,8H2,1H3. The highest BCUT2D eigenvalue weighted by molar-refractivity contribution is 6.30. The van der Waals surface area contributed by atoms with Gasteiger partial charge < -0.3 is 4.57 Å². The van der Waals surface area contributed by atoms with Crippen LogP contribution in [0.2, 0.25) is 5.02 Å². The van der Waals surface area contributed by atoms with Crippen molar-refractivity contribution in [3.8, 4) is 0 Å². The van der Waals surface area contributed by atoms with E-state index in [-0.39, 0.29) is 17.2 Å². The zero-order chi connectivity index (χ0) is 13.1. The van der Waals surface area contributed by atoms with E-state index < -0.39 is 5.82 Å². The van der Waals surface area contributed by atoms with Crippen molar-refractivity contribution in [1.29, 1.82) is 0 Å². The van der Waals surface area contributed by atoms with Gasteiger partial charge in [-0.05, 0) is 25.1 Å². The zero-order valence-corrected chi connectivity index (χ0v) is 10.6. The van der Waals surface area contributed by atoms with Gasteiger partial charge in [0.2, 0.25) is 0 Å². The number of Topliss-reactive ketones (excluding diaryl/α,β-unsaturated/α-hetero) is 1. The lowest BCUT2D eigenvalue weighted by molar-refractivity contribution is 0.0989. The average Bonchev–Trinajstić information content (AvgIpc) is 2.79. The van der Waals surface area contributed by atoms with Gasteiger partial charge in [0.05, 0.1) is 11.4 Å². The van der Waals surface area contributed by atoms with E-state index in [2.05, 4.69) is 4.98 Å². The van der Waals surface area contributed by atoms with Crippen molar-refractivity contribution in [2.24, 2.45) is 0 Å². The number of hydrogen-bond donors (Lipinski definition) is 0. The smallest absolute Gasteiger partial charge is 0.170 e. The number of aromatic nitrogens is 2. The average molecular weight is 267 g/mol. The molecular formula is C13H12ClFN2O. The number of carbonyl (C=O) groups excluding carboxylic acids is 1. The summed E-state index contributed by atoms with van der Waals surface area (Å²) in [6.45, 7) is 2.72. The molecule has 1 aromatic heterocycles. The van der Waals surface area contributed by atoms with Crippen molar-refractivity contribution in [1.82, 2.24) is 9.55 Å². The molecule has 1 aromatic carbocycles. The van der Waals surface area contributed by atoms with Gasteiger partial charge in [0, 0.05) is 24.5 Å². The number of carbonyl (C=O) groups is 1. The molecule has 0 bridgehead atoms. The van der Waals surface area contributed by atoms with Gasteiger partial charge in [0.15, 0.2) is 5.78 Å². The number of imidazole rings is 1. The Balaban J connectivity index is 2.19. The molecule has 0 saturated heterocycles. The van der Waals surface area contributed by atoms with Crippen LogP contribution in [0.5, 0.6) is 0 Å². The van der Waals surface area contributed by atoms with Gasteiger partial charge in [-0.25, -0.2) is 9.37 Å². The van der Waals surface area contributed by atoms with E-state index in [4.69, 9.17) is 11.6 Å². The van der Waals surface area contributed by atoms with Crippen LogP contribution in [0.25, 0.3) is 0 Å². The summed E-state index contributed by atoms with van der Waals surface area (Å²) in [5, 5.41) is 0.0154. The Morgan fingerprint density at radius 1 is 1.50 bits per heavy atom. The lowest BCUT2D eigenvalue weighted by Gasteiger charge is -2.04. The highest BCUT2D eigenvalue weighted by Crippen LogP contribution is 2.16. The second kappa shape index (κ2) is 5.31. The number of rotatable bonds is 4. The van der Waals surface area contributed by atoms with Gasteiger partial charge in [0.25, 0.3) is 0 Å². The maximum absolute atomic E-state index is 13.3. The first-order valence-corrected chi connectivity index (χ1v) is 5.98. The third-order valence-electron chi connectivity index (χ3n) is 2.70. The molecule has 2 rings (SSSR count). The molecule has 0 N–H and O–H groups in total. The predicted octanol–water partition coefficient (Wildman–Crippen LogP) is 3.12. The summed E-state index contributed by atoms with van der Waals surface area (Å²) < 4.78 is 15.1. The second-order valence-corrected chi connectivity index (χ2v) is 4.27. The van der Waals surface area contributed by atoms with E-state index in [1.54, 1.807) is 6.20 Å². The van der Waals surface area contributed by atoms with Gasteiger partial charge in [-0.2, -0.15) is 0 Å². The van der Waals surface area contributed by atoms with Gasteiger partial charge >= 0.3 is 0 Å². The number of hydrogen-bond acceptors (Lipinski definition) is 2. The molecule has 0 aliphatic heterocycles. The fourth-order valence-corrected chi connectivity index (χ4v) is 1.83. The number of aryl methyl sites for hydroxylation is 1. The van der Waals surface area contributed by atoms with Gasteiger partial charge in [-0.15, -0.1) is 0 Å². The first kappa shape index (κ1) is 12.8. The van der Waals surface area contributed by atoms with E-state index >= 15 is 0 Å². The van der Waals surface area contributed by atoms with Crippen LogP contribution in [0, 0.1) is 5.82 Å². The monoisotopic (exact) mass is 266 g/mol. The molecule has 0 aliphatic carbocycles. The molecule has 1 heterocycles. The fourth-order valence-electron chi connectivity index (χ4n) is 1.71. The molecule has 3 nitrogen and oxygen atoms in total. The first-order valence-electron chi connectivity index (χ1n) is 5.60. The van der Waals surface area contributed by atoms with Gasteiger partial charge in [-0.3, -0.25) is 4.79 Å². The topological polar surface area (TPSA) is 34.9 Å². The van der Waals surface area contributed by atoms with Crippen molar-refractivity contribution < 1.29 is 9.18 Å². The Bertz CT molecular complexity index is 580. The minimum absolute atomic E-state index is 0.0154. The van der Waals surface area contributed by atoms with Crippen LogP contribution < -0.4 is 0 Å². The van der Waals surface area contributed by atoms with Crippen molar-refractivity contribution in [3.63, 3.8) is 0 Å². The van der Waals surface area contributed by atoms with Crippen LogP contribution in [-0.4, -0.2) is 15.3 Å². The molecule has 0 unspecified atom stereocenters. The Kier molecular flexibility index (Phi) is 3.77. The maximum Gasteiger partial charge on any atom is 0.170 e. The molecule has 0 saturated carbocycles. The van der Waals surface area contributed by atoms with Gasteiger partial charge in [-0.1, -0.05) is 11.6 Å². The zero-order valence-electron chi connectivity index (χ0n) is 9.86. The van der Waals surface area contributed by atoms with Crippen LogP contribution in [0.1, 0.15) is 23.1 Å². The van der Waals surface area contributed by atoms with E-state index in [1.165, 1.54) is 12.1 Å². The van der Waals surface area contributed by atoms with E-state index in [0.717, 1.165) is 12.6 Å². The molecule has 94 valence electrons. The molecule has 0 aliphatic rings. The minimum Gasteiger partial charge on any atom is -0.335 e. The molecule has 0 spiro atoms. The molecular weight excluding hydrogens is 255 g/mol. The minimum atomic E-state index is -0.582. The van der Waals surface area contributed by atoms with Crippen LogP contribution in [0.3, 0.4) is 0 Å². The van der Waals surface area contributed by atoms with E-state index in [9.17, 15) is 9.18 Å². The maximum atomic E-state index is 13.3. The van der Waals surface area contributed by atoms with Crippen molar-refractivity contribution in [2.45, 2.75) is 19.9 Å². The summed E-state index contributed by atoms with van der Waals surface area (Å²) in [6.07, 6.45) is 3.61. The Labute approximate surface area is 109 Å². The molecule has 18 heavy (non-hydrogen) atoms. The highest BCUT2D eigenvalue weighted by atomic mass is 35.5. The second-order valence-electron chi connectivity index (χ2n) is 3.86. The number of ketones is 1. The lowest BCUT2D eigenvalue weighted by atomic mass is 10.1. The number of benzene rings is 1. The molecule has 5 heteroatoms. The van der Waals surface area contributed by atoms with Crippen LogP contribution >= 0.6 is 11.6 Å². The SMILES string of the molecule is CCn1ccnc1CC(=O)c1ccc(Cl)c(F)c1. The third kappa shape index (κ3) is 2.59. The summed E-state index contributed by atoms with van der Waals surface area (Å²) in [4.78, 5) is 16.1. The van der Waals surface area contributed by atoms with E-state index in [0.29, 0.717) is 11.4 Å². The Hall–Kier alpha value is -1.68. The van der Waals surface area contributed by atoms with Gasteiger partial charge in [0.1, 0.15) is 11.6 Å². The normalized spacial score (nSPS) is 10.6. The summed E-state index contributed by atoms with van der Waals surface area (Å²) in [6, 6.07) is 4.06. The molecule has 0 fully saturated rings. The molecule has 0 radical (unpaired) electrons.